The van der Waals surface area contributed by atoms with E-state index in [4.69, 9.17) is 0 Å². The monoisotopic (exact) mass is 372 g/mol. The van der Waals surface area contributed by atoms with Crippen LogP contribution in [0.2, 0.25) is 0 Å². The molecule has 0 radical (unpaired) electrons. The van der Waals surface area contributed by atoms with Crippen molar-refractivity contribution in [1.82, 2.24) is 9.55 Å². The van der Waals surface area contributed by atoms with Crippen LogP contribution in [0.15, 0.2) is 29.1 Å². The second kappa shape index (κ2) is 6.68. The molecule has 2 aromatic heterocycles. The van der Waals surface area contributed by atoms with Crippen LogP contribution in [-0.4, -0.2) is 20.4 Å². The molecular weight excluding hydrogens is 356 g/mol. The number of aromatic nitrogens is 2. The third-order valence-electron chi connectivity index (χ3n) is 3.97. The molecule has 0 fully saturated rings. The Labute approximate surface area is 152 Å². The van der Waals surface area contributed by atoms with Gasteiger partial charge in [-0.3, -0.25) is 24.3 Å². The van der Waals surface area contributed by atoms with E-state index in [0.29, 0.717) is 27.3 Å². The molecule has 1 amide bonds. The first-order chi connectivity index (χ1) is 12.3. The molecule has 1 aromatic carbocycles. The number of nitro benzene ring substituents is 1. The second-order valence-electron chi connectivity index (χ2n) is 5.93. The summed E-state index contributed by atoms with van der Waals surface area (Å²) in [6, 6.07) is 5.99. The van der Waals surface area contributed by atoms with Gasteiger partial charge >= 0.3 is 0 Å². The third kappa shape index (κ3) is 3.33. The number of anilines is 1. The molecular formula is C17H16N4O4S. The van der Waals surface area contributed by atoms with Gasteiger partial charge in [0.25, 0.3) is 11.2 Å². The lowest BCUT2D eigenvalue weighted by Crippen LogP contribution is -2.30. The molecule has 1 N–H and O–H groups in total. The number of thiophene rings is 1. The zero-order chi connectivity index (χ0) is 19.0. The Morgan fingerprint density at radius 2 is 2.04 bits per heavy atom. The predicted molar refractivity (Wildman–Crippen MR) is 99.8 cm³/mol. The Hall–Kier alpha value is -3.07. The first kappa shape index (κ1) is 17.7. The summed E-state index contributed by atoms with van der Waals surface area (Å²) in [5.41, 5.74) is 0.643. The van der Waals surface area contributed by atoms with E-state index >= 15 is 0 Å². The van der Waals surface area contributed by atoms with Gasteiger partial charge in [0.2, 0.25) is 5.91 Å². The van der Waals surface area contributed by atoms with Crippen LogP contribution in [0.5, 0.6) is 0 Å². The van der Waals surface area contributed by atoms with Gasteiger partial charge in [0.15, 0.2) is 0 Å². The number of carbonyl (C=O) groups is 1. The number of nitrogens with one attached hydrogen (secondary N) is 1. The summed E-state index contributed by atoms with van der Waals surface area (Å²) in [5.74, 6) is -0.0119. The van der Waals surface area contributed by atoms with Gasteiger partial charge in [-0.15, -0.1) is 11.3 Å². The Balaban J connectivity index is 1.89. The van der Waals surface area contributed by atoms with Crippen LogP contribution in [0.3, 0.4) is 0 Å². The van der Waals surface area contributed by atoms with Crippen molar-refractivity contribution in [2.24, 2.45) is 0 Å². The van der Waals surface area contributed by atoms with Crippen LogP contribution in [0, 0.1) is 30.9 Å². The Morgan fingerprint density at radius 1 is 1.31 bits per heavy atom. The van der Waals surface area contributed by atoms with Gasteiger partial charge in [0.1, 0.15) is 17.2 Å². The van der Waals surface area contributed by atoms with Gasteiger partial charge in [0, 0.05) is 17.0 Å². The molecule has 0 saturated heterocycles. The number of rotatable bonds is 4. The highest BCUT2D eigenvalue weighted by Crippen LogP contribution is 2.22. The number of amides is 1. The van der Waals surface area contributed by atoms with Gasteiger partial charge < -0.3 is 5.32 Å². The maximum atomic E-state index is 12.6. The molecule has 0 bridgehead atoms. The highest BCUT2D eigenvalue weighted by atomic mass is 32.1. The SMILES string of the molecule is Cc1cc2c(=O)n(CC(=O)Nc3cc([N+](=O)[O-])ccc3C)c(C)nc2s1. The van der Waals surface area contributed by atoms with Crippen molar-refractivity contribution in [3.63, 3.8) is 0 Å². The first-order valence-electron chi connectivity index (χ1n) is 7.78. The standard InChI is InChI=1S/C17H16N4O4S/c1-9-4-5-12(21(24)25)7-14(9)19-15(22)8-20-11(3)18-16-13(17(20)23)6-10(2)26-16/h4-7H,8H2,1-3H3,(H,19,22). The maximum Gasteiger partial charge on any atom is 0.271 e. The van der Waals surface area contributed by atoms with Crippen LogP contribution >= 0.6 is 11.3 Å². The number of fused-ring (bicyclic) bond motifs is 1. The normalized spacial score (nSPS) is 10.9. The molecule has 134 valence electrons. The lowest BCUT2D eigenvalue weighted by atomic mass is 10.2. The summed E-state index contributed by atoms with van der Waals surface area (Å²) in [6.07, 6.45) is 0. The minimum absolute atomic E-state index is 0.115. The fourth-order valence-corrected chi connectivity index (χ4v) is 3.53. The van der Waals surface area contributed by atoms with Gasteiger partial charge in [-0.05, 0) is 32.4 Å². The highest BCUT2D eigenvalue weighted by Gasteiger charge is 2.15. The molecule has 2 heterocycles. The lowest BCUT2D eigenvalue weighted by molar-refractivity contribution is -0.384. The zero-order valence-corrected chi connectivity index (χ0v) is 15.2. The van der Waals surface area contributed by atoms with E-state index in [1.54, 1.807) is 26.0 Å². The van der Waals surface area contributed by atoms with E-state index in [1.165, 1.54) is 28.0 Å². The number of carbonyl (C=O) groups excluding carboxylic acids is 1. The molecule has 0 unspecified atom stereocenters. The van der Waals surface area contributed by atoms with E-state index in [0.717, 1.165) is 4.88 Å². The topological polar surface area (TPSA) is 107 Å². The third-order valence-corrected chi connectivity index (χ3v) is 4.92. The summed E-state index contributed by atoms with van der Waals surface area (Å²) in [5, 5.41) is 14.0. The molecule has 3 rings (SSSR count). The van der Waals surface area contributed by atoms with E-state index in [9.17, 15) is 19.7 Å². The molecule has 0 aliphatic carbocycles. The largest absolute Gasteiger partial charge is 0.324 e. The molecule has 0 aliphatic heterocycles. The summed E-state index contributed by atoms with van der Waals surface area (Å²) >= 11 is 1.43. The van der Waals surface area contributed by atoms with Gasteiger partial charge in [-0.1, -0.05) is 6.07 Å². The number of non-ortho nitro benzene ring substituents is 1. The Morgan fingerprint density at radius 3 is 2.73 bits per heavy atom. The molecule has 8 nitrogen and oxygen atoms in total. The summed E-state index contributed by atoms with van der Waals surface area (Å²) in [6.45, 7) is 5.08. The fourth-order valence-electron chi connectivity index (χ4n) is 2.62. The van der Waals surface area contributed by atoms with Crippen LogP contribution in [-0.2, 0) is 11.3 Å². The fraction of sp³-hybridized carbons (Fsp3) is 0.235. The molecule has 0 atom stereocenters. The number of nitro groups is 1. The first-order valence-corrected chi connectivity index (χ1v) is 8.60. The average Bonchev–Trinajstić information content (AvgIpc) is 2.93. The number of nitrogens with zero attached hydrogens (tertiary/aromatic N) is 3. The van der Waals surface area contributed by atoms with Gasteiger partial charge in [-0.2, -0.15) is 0 Å². The minimum atomic E-state index is -0.527. The van der Waals surface area contributed by atoms with Crippen molar-refractivity contribution in [2.75, 3.05) is 5.32 Å². The average molecular weight is 372 g/mol. The van der Waals surface area contributed by atoms with Crippen molar-refractivity contribution in [3.8, 4) is 0 Å². The number of hydrogen-bond acceptors (Lipinski definition) is 6. The smallest absolute Gasteiger partial charge is 0.271 e. The maximum absolute atomic E-state index is 12.6. The van der Waals surface area contributed by atoms with E-state index in [2.05, 4.69) is 10.3 Å². The van der Waals surface area contributed by atoms with Crippen molar-refractivity contribution >= 4 is 38.8 Å². The number of benzene rings is 1. The van der Waals surface area contributed by atoms with Gasteiger partial charge in [0.05, 0.1) is 16.0 Å². The van der Waals surface area contributed by atoms with Crippen LogP contribution in [0.25, 0.3) is 10.2 Å². The quantitative estimate of drug-likeness (QED) is 0.560. The molecule has 0 saturated carbocycles. The van der Waals surface area contributed by atoms with Crippen molar-refractivity contribution < 1.29 is 9.72 Å². The predicted octanol–water partition coefficient (Wildman–Crippen LogP) is 2.93. The zero-order valence-electron chi connectivity index (χ0n) is 14.4. The Bertz CT molecular complexity index is 1100. The molecule has 9 heteroatoms. The highest BCUT2D eigenvalue weighted by molar-refractivity contribution is 7.18. The van der Waals surface area contributed by atoms with Crippen molar-refractivity contribution in [1.29, 1.82) is 0 Å². The molecule has 3 aromatic rings. The molecule has 0 aliphatic rings. The second-order valence-corrected chi connectivity index (χ2v) is 7.17. The van der Waals surface area contributed by atoms with E-state index in [-0.39, 0.29) is 17.8 Å². The van der Waals surface area contributed by atoms with Crippen molar-refractivity contribution in [3.05, 3.63) is 61.0 Å². The van der Waals surface area contributed by atoms with Crippen LogP contribution in [0.1, 0.15) is 16.3 Å². The summed E-state index contributed by atoms with van der Waals surface area (Å²) < 4.78 is 1.30. The Kier molecular flexibility index (Phi) is 4.56. The van der Waals surface area contributed by atoms with Gasteiger partial charge in [-0.25, -0.2) is 4.98 Å². The lowest BCUT2D eigenvalue weighted by Gasteiger charge is -2.11. The summed E-state index contributed by atoms with van der Waals surface area (Å²) in [4.78, 5) is 41.4. The van der Waals surface area contributed by atoms with E-state index in [1.807, 2.05) is 6.92 Å². The van der Waals surface area contributed by atoms with Crippen LogP contribution < -0.4 is 10.9 Å². The number of aryl methyl sites for hydroxylation is 3. The van der Waals surface area contributed by atoms with Crippen molar-refractivity contribution in [2.45, 2.75) is 27.3 Å². The minimum Gasteiger partial charge on any atom is -0.324 e. The number of hydrogen-bond donors (Lipinski definition) is 1. The van der Waals surface area contributed by atoms with E-state index < -0.39 is 10.8 Å². The van der Waals surface area contributed by atoms with Crippen LogP contribution in [0.4, 0.5) is 11.4 Å². The summed E-state index contributed by atoms with van der Waals surface area (Å²) in [7, 11) is 0. The molecule has 26 heavy (non-hydrogen) atoms. The molecule has 0 spiro atoms.